The van der Waals surface area contributed by atoms with Gasteiger partial charge >= 0.3 is 5.97 Å². The molecule has 1 amide bonds. The number of thioether (sulfide) groups is 1. The van der Waals surface area contributed by atoms with Gasteiger partial charge in [0, 0.05) is 12.2 Å². The average molecular weight is 422 g/mol. The van der Waals surface area contributed by atoms with E-state index in [4.69, 9.17) is 9.73 Å². The van der Waals surface area contributed by atoms with Crippen molar-refractivity contribution in [2.75, 3.05) is 7.11 Å². The van der Waals surface area contributed by atoms with Crippen LogP contribution < -0.4 is 0 Å². The lowest BCUT2D eigenvalue weighted by atomic mass is 9.94. The quantitative estimate of drug-likeness (QED) is 0.524. The fourth-order valence-corrected chi connectivity index (χ4v) is 4.80. The minimum atomic E-state index is -0.380. The van der Waals surface area contributed by atoms with Crippen LogP contribution in [0.15, 0.2) is 58.7 Å². The van der Waals surface area contributed by atoms with Gasteiger partial charge in [0.05, 0.1) is 29.5 Å². The van der Waals surface area contributed by atoms with Crippen molar-refractivity contribution in [1.82, 2.24) is 9.88 Å². The Morgan fingerprint density at radius 2 is 1.97 bits per heavy atom. The number of nitrogens with zero attached hydrogens (tertiary/aromatic N) is 3. The molecule has 2 fully saturated rings. The van der Waals surface area contributed by atoms with Gasteiger partial charge in [-0.2, -0.15) is 0 Å². The third-order valence-electron chi connectivity index (χ3n) is 5.28. The minimum absolute atomic E-state index is 0.00779. The molecule has 1 saturated carbocycles. The highest BCUT2D eigenvalue weighted by Gasteiger charge is 2.38. The highest BCUT2D eigenvalue weighted by atomic mass is 32.2. The highest BCUT2D eigenvalue weighted by molar-refractivity contribution is 8.18. The Morgan fingerprint density at radius 1 is 1.20 bits per heavy atom. The molecule has 0 N–H and O–H groups in total. The molecule has 0 bridgehead atoms. The van der Waals surface area contributed by atoms with E-state index in [1.807, 2.05) is 35.2 Å². The van der Waals surface area contributed by atoms with Crippen molar-refractivity contribution in [3.8, 4) is 0 Å². The molecule has 30 heavy (non-hydrogen) atoms. The number of hydrogen-bond donors (Lipinski definition) is 0. The summed E-state index contributed by atoms with van der Waals surface area (Å²) in [6, 6.07) is 10.9. The SMILES string of the molecule is COC(=O)c1ccc(/C=C2\SC(=Nc3cccnc3)N(C3CCCCC3)C2=O)cc1. The number of hydrogen-bond acceptors (Lipinski definition) is 6. The van der Waals surface area contributed by atoms with Crippen molar-refractivity contribution >= 4 is 40.6 Å². The molecule has 0 atom stereocenters. The third-order valence-corrected chi connectivity index (χ3v) is 6.26. The second-order valence-corrected chi connectivity index (χ2v) is 8.31. The number of benzene rings is 1. The molecule has 1 saturated heterocycles. The standard InChI is InChI=1S/C23H23N3O3S/c1-29-22(28)17-11-9-16(10-12-17)14-20-21(27)26(19-7-3-2-4-8-19)23(30-20)25-18-6-5-13-24-15-18/h5-6,9-15,19H,2-4,7-8H2,1H3/b20-14-,25-23?. The highest BCUT2D eigenvalue weighted by Crippen LogP contribution is 2.38. The molecule has 1 aromatic carbocycles. The van der Waals surface area contributed by atoms with Crippen molar-refractivity contribution < 1.29 is 14.3 Å². The summed E-state index contributed by atoms with van der Waals surface area (Å²) in [6.45, 7) is 0. The first-order valence-electron chi connectivity index (χ1n) is 10.1. The summed E-state index contributed by atoms with van der Waals surface area (Å²) >= 11 is 1.39. The fourth-order valence-electron chi connectivity index (χ4n) is 3.74. The van der Waals surface area contributed by atoms with Gasteiger partial charge in [0.25, 0.3) is 5.91 Å². The van der Waals surface area contributed by atoms with Crippen molar-refractivity contribution in [1.29, 1.82) is 0 Å². The molecular formula is C23H23N3O3S. The van der Waals surface area contributed by atoms with Crippen molar-refractivity contribution in [3.05, 3.63) is 64.8 Å². The third kappa shape index (κ3) is 4.46. The molecule has 0 spiro atoms. The Labute approximate surface area is 180 Å². The summed E-state index contributed by atoms with van der Waals surface area (Å²) in [5.74, 6) is -0.388. The lowest BCUT2D eigenvalue weighted by Crippen LogP contribution is -2.40. The van der Waals surface area contributed by atoms with Gasteiger partial charge < -0.3 is 4.74 Å². The molecule has 1 aliphatic carbocycles. The van der Waals surface area contributed by atoms with E-state index >= 15 is 0 Å². The molecule has 6 nitrogen and oxygen atoms in total. The van der Waals surface area contributed by atoms with Gasteiger partial charge in [-0.25, -0.2) is 9.79 Å². The van der Waals surface area contributed by atoms with Crippen LogP contribution in [0, 0.1) is 0 Å². The van der Waals surface area contributed by atoms with Gasteiger partial charge in [0.2, 0.25) is 0 Å². The topological polar surface area (TPSA) is 71.9 Å². The van der Waals surface area contributed by atoms with Crippen LogP contribution in [0.5, 0.6) is 0 Å². The monoisotopic (exact) mass is 421 g/mol. The predicted molar refractivity (Wildman–Crippen MR) is 118 cm³/mol. The average Bonchev–Trinajstić information content (AvgIpc) is 3.09. The van der Waals surface area contributed by atoms with Crippen molar-refractivity contribution in [2.45, 2.75) is 38.1 Å². The molecule has 4 rings (SSSR count). The smallest absolute Gasteiger partial charge is 0.337 e. The van der Waals surface area contributed by atoms with Crippen LogP contribution in [0.3, 0.4) is 0 Å². The molecule has 2 aliphatic rings. The van der Waals surface area contributed by atoms with E-state index in [0.29, 0.717) is 15.6 Å². The first-order valence-corrected chi connectivity index (χ1v) is 10.9. The van der Waals surface area contributed by atoms with Crippen LogP contribution >= 0.6 is 11.8 Å². The number of amides is 1. The number of pyridine rings is 1. The number of carbonyl (C=O) groups is 2. The zero-order chi connectivity index (χ0) is 20.9. The Hall–Kier alpha value is -2.93. The van der Waals surface area contributed by atoms with Crippen LogP contribution in [0.1, 0.15) is 48.0 Å². The number of aromatic nitrogens is 1. The van der Waals surface area contributed by atoms with Gasteiger partial charge in [-0.3, -0.25) is 14.7 Å². The number of rotatable bonds is 4. The molecule has 1 aromatic heterocycles. The maximum Gasteiger partial charge on any atom is 0.337 e. The molecule has 0 radical (unpaired) electrons. The summed E-state index contributed by atoms with van der Waals surface area (Å²) in [6.07, 6.45) is 10.7. The molecule has 2 aromatic rings. The Morgan fingerprint density at radius 3 is 2.63 bits per heavy atom. The summed E-state index contributed by atoms with van der Waals surface area (Å²) < 4.78 is 4.74. The zero-order valence-electron chi connectivity index (χ0n) is 16.8. The van der Waals surface area contributed by atoms with Crippen molar-refractivity contribution in [3.63, 3.8) is 0 Å². The lowest BCUT2D eigenvalue weighted by molar-refractivity contribution is -0.124. The van der Waals surface area contributed by atoms with Gasteiger partial charge in [0.15, 0.2) is 5.17 Å². The van der Waals surface area contributed by atoms with E-state index < -0.39 is 0 Å². The normalized spacial score (nSPS) is 20.2. The summed E-state index contributed by atoms with van der Waals surface area (Å²) in [7, 11) is 1.36. The van der Waals surface area contributed by atoms with Crippen LogP contribution in [-0.4, -0.2) is 40.1 Å². The van der Waals surface area contributed by atoms with E-state index in [1.54, 1.807) is 24.5 Å². The number of carbonyl (C=O) groups excluding carboxylic acids is 2. The van der Waals surface area contributed by atoms with Gasteiger partial charge in [-0.15, -0.1) is 0 Å². The van der Waals surface area contributed by atoms with Crippen LogP contribution in [0.4, 0.5) is 5.69 Å². The largest absolute Gasteiger partial charge is 0.465 e. The van der Waals surface area contributed by atoms with E-state index in [2.05, 4.69) is 4.98 Å². The maximum absolute atomic E-state index is 13.3. The lowest BCUT2D eigenvalue weighted by Gasteiger charge is -2.30. The molecule has 0 unspecified atom stereocenters. The fraction of sp³-hybridized carbons (Fsp3) is 0.304. The minimum Gasteiger partial charge on any atom is -0.465 e. The second-order valence-electron chi connectivity index (χ2n) is 7.30. The number of ether oxygens (including phenoxy) is 1. The summed E-state index contributed by atoms with van der Waals surface area (Å²) in [5, 5.41) is 0.706. The van der Waals surface area contributed by atoms with E-state index in [9.17, 15) is 9.59 Å². The van der Waals surface area contributed by atoms with Gasteiger partial charge in [-0.1, -0.05) is 31.4 Å². The molecule has 7 heteroatoms. The Balaban J connectivity index is 1.64. The summed E-state index contributed by atoms with van der Waals surface area (Å²) in [5.41, 5.74) is 2.06. The predicted octanol–water partition coefficient (Wildman–Crippen LogP) is 4.80. The number of aliphatic imine (C=N–C) groups is 1. The Bertz CT molecular complexity index is 981. The molecule has 2 heterocycles. The zero-order valence-corrected chi connectivity index (χ0v) is 17.6. The summed E-state index contributed by atoms with van der Waals surface area (Å²) in [4.78, 5) is 36.3. The van der Waals surface area contributed by atoms with E-state index in [0.717, 1.165) is 36.9 Å². The molecule has 1 aliphatic heterocycles. The van der Waals surface area contributed by atoms with E-state index in [-0.39, 0.29) is 17.9 Å². The van der Waals surface area contributed by atoms with Gasteiger partial charge in [-0.05, 0) is 60.5 Å². The number of esters is 1. The maximum atomic E-state index is 13.3. The number of amidine groups is 1. The van der Waals surface area contributed by atoms with Crippen molar-refractivity contribution in [2.24, 2.45) is 4.99 Å². The van der Waals surface area contributed by atoms with Crippen LogP contribution in [0.25, 0.3) is 6.08 Å². The van der Waals surface area contributed by atoms with Crippen LogP contribution in [-0.2, 0) is 9.53 Å². The molecular weight excluding hydrogens is 398 g/mol. The van der Waals surface area contributed by atoms with E-state index in [1.165, 1.54) is 25.3 Å². The first kappa shape index (κ1) is 20.3. The van der Waals surface area contributed by atoms with Gasteiger partial charge in [0.1, 0.15) is 0 Å². The molecule has 154 valence electrons. The number of methoxy groups -OCH3 is 1. The second kappa shape index (κ2) is 9.26. The van der Waals surface area contributed by atoms with Crippen LogP contribution in [0.2, 0.25) is 0 Å². The Kier molecular flexibility index (Phi) is 6.28. The first-order chi connectivity index (χ1) is 14.7.